The van der Waals surface area contributed by atoms with Crippen molar-refractivity contribution in [1.82, 2.24) is 20.4 Å². The second kappa shape index (κ2) is 10.9. The minimum Gasteiger partial charge on any atom is -0.357 e. The summed E-state index contributed by atoms with van der Waals surface area (Å²) in [4.78, 5) is 9.68. The smallest absolute Gasteiger partial charge is 0.191 e. The fraction of sp³-hybridized carbons (Fsp3) is 0.667. The van der Waals surface area contributed by atoms with Gasteiger partial charge < -0.3 is 15.5 Å². The number of nitrogens with zero attached hydrogens (tertiary/aromatic N) is 3. The van der Waals surface area contributed by atoms with Gasteiger partial charge in [0.2, 0.25) is 0 Å². The zero-order chi connectivity index (χ0) is 19.7. The van der Waals surface area contributed by atoms with Gasteiger partial charge in [-0.15, -0.1) is 0 Å². The number of hydrogen-bond acceptors (Lipinski definition) is 4. The number of piperazine rings is 1. The third-order valence-corrected chi connectivity index (χ3v) is 6.27. The fourth-order valence-corrected chi connectivity index (χ4v) is 3.11. The van der Waals surface area contributed by atoms with Gasteiger partial charge >= 0.3 is 0 Å². The van der Waals surface area contributed by atoms with Crippen LogP contribution in [0.15, 0.2) is 29.3 Å². The highest BCUT2D eigenvalue weighted by Crippen LogP contribution is 2.19. The van der Waals surface area contributed by atoms with Crippen LogP contribution in [0.5, 0.6) is 0 Å². The van der Waals surface area contributed by atoms with Gasteiger partial charge in [0, 0.05) is 50.6 Å². The topological polar surface area (TPSA) is 42.9 Å². The molecule has 0 spiro atoms. The molecule has 1 saturated heterocycles. The highest BCUT2D eigenvalue weighted by atomic mass is 32.2. The second-order valence-corrected chi connectivity index (χ2v) is 9.42. The summed E-state index contributed by atoms with van der Waals surface area (Å²) in [6, 6.07) is 8.93. The normalized spacial score (nSPS) is 17.1. The molecular formula is C21H37N5S. The summed E-state index contributed by atoms with van der Waals surface area (Å²) in [5.74, 6) is 0.890. The van der Waals surface area contributed by atoms with E-state index in [1.54, 1.807) is 0 Å². The Morgan fingerprint density at radius 2 is 1.70 bits per heavy atom. The molecule has 0 unspecified atom stereocenters. The zero-order valence-corrected chi connectivity index (χ0v) is 18.5. The third-order valence-electron chi connectivity index (χ3n) is 5.02. The predicted molar refractivity (Wildman–Crippen MR) is 120 cm³/mol. The van der Waals surface area contributed by atoms with Gasteiger partial charge in [0.1, 0.15) is 0 Å². The van der Waals surface area contributed by atoms with Crippen LogP contribution < -0.4 is 10.6 Å². The number of hydrogen-bond donors (Lipinski definition) is 2. The quantitative estimate of drug-likeness (QED) is 0.527. The minimum atomic E-state index is 0.196. The highest BCUT2D eigenvalue weighted by molar-refractivity contribution is 7.99. The molecular weight excluding hydrogens is 354 g/mol. The molecule has 0 bridgehead atoms. The Bertz CT molecular complexity index is 577. The van der Waals surface area contributed by atoms with Gasteiger partial charge in [0.05, 0.1) is 6.54 Å². The van der Waals surface area contributed by atoms with Crippen LogP contribution in [0.3, 0.4) is 0 Å². The van der Waals surface area contributed by atoms with Gasteiger partial charge in [-0.3, -0.25) is 4.90 Å². The van der Waals surface area contributed by atoms with E-state index in [9.17, 15) is 0 Å². The molecule has 1 aromatic carbocycles. The van der Waals surface area contributed by atoms with Crippen molar-refractivity contribution in [3.05, 3.63) is 35.4 Å². The molecule has 1 fully saturated rings. The molecule has 1 aliphatic heterocycles. The first-order valence-electron chi connectivity index (χ1n) is 9.98. The van der Waals surface area contributed by atoms with Crippen LogP contribution in [0.1, 0.15) is 31.9 Å². The third kappa shape index (κ3) is 8.11. The van der Waals surface area contributed by atoms with E-state index in [-0.39, 0.29) is 4.75 Å². The molecule has 27 heavy (non-hydrogen) atoms. The van der Waals surface area contributed by atoms with Crippen molar-refractivity contribution >= 4 is 17.7 Å². The molecule has 0 aromatic heterocycles. The summed E-state index contributed by atoms with van der Waals surface area (Å²) in [5, 5.41) is 6.80. The molecule has 0 amide bonds. The van der Waals surface area contributed by atoms with Gasteiger partial charge in [-0.2, -0.15) is 11.8 Å². The Hall–Kier alpha value is -1.24. The Kier molecular flexibility index (Phi) is 8.93. The van der Waals surface area contributed by atoms with E-state index >= 15 is 0 Å². The van der Waals surface area contributed by atoms with E-state index in [2.05, 4.69) is 78.8 Å². The molecule has 0 aliphatic carbocycles. The lowest BCUT2D eigenvalue weighted by molar-refractivity contribution is 0.148. The van der Waals surface area contributed by atoms with E-state index in [1.807, 2.05) is 11.8 Å². The monoisotopic (exact) mass is 391 g/mol. The first kappa shape index (κ1) is 22.1. The van der Waals surface area contributed by atoms with Crippen LogP contribution in [-0.4, -0.2) is 73.1 Å². The lowest BCUT2D eigenvalue weighted by atomic mass is 10.1. The SMILES string of the molecule is CCNC(=NCc1ccc(CN2CCN(C)CC2)cc1)NCC(C)(C)SC. The average Bonchev–Trinajstić information content (AvgIpc) is 2.67. The van der Waals surface area contributed by atoms with Crippen LogP contribution in [0.25, 0.3) is 0 Å². The van der Waals surface area contributed by atoms with E-state index in [4.69, 9.17) is 4.99 Å². The van der Waals surface area contributed by atoms with Crippen molar-refractivity contribution in [3.8, 4) is 0 Å². The number of aliphatic imine (C=N–C) groups is 1. The fourth-order valence-electron chi connectivity index (χ4n) is 2.90. The predicted octanol–water partition coefficient (Wildman–Crippen LogP) is 2.63. The van der Waals surface area contributed by atoms with Gasteiger partial charge in [-0.25, -0.2) is 4.99 Å². The molecule has 0 atom stereocenters. The second-order valence-electron chi connectivity index (χ2n) is 7.91. The molecule has 5 nitrogen and oxygen atoms in total. The first-order valence-corrected chi connectivity index (χ1v) is 11.2. The van der Waals surface area contributed by atoms with Gasteiger partial charge in [-0.05, 0) is 45.2 Å². The number of guanidine groups is 1. The van der Waals surface area contributed by atoms with E-state index < -0.39 is 0 Å². The molecule has 0 radical (unpaired) electrons. The number of likely N-dealkylation sites (N-methyl/N-ethyl adjacent to an activating group) is 1. The van der Waals surface area contributed by atoms with E-state index in [1.165, 1.54) is 24.2 Å². The van der Waals surface area contributed by atoms with Gasteiger partial charge in [0.25, 0.3) is 0 Å². The van der Waals surface area contributed by atoms with E-state index in [0.717, 1.165) is 38.7 Å². The van der Waals surface area contributed by atoms with Crippen molar-refractivity contribution in [1.29, 1.82) is 0 Å². The maximum absolute atomic E-state index is 4.74. The number of thioether (sulfide) groups is 1. The van der Waals surface area contributed by atoms with Crippen molar-refractivity contribution < 1.29 is 0 Å². The lowest BCUT2D eigenvalue weighted by Crippen LogP contribution is -2.43. The lowest BCUT2D eigenvalue weighted by Gasteiger charge is -2.32. The molecule has 6 heteroatoms. The van der Waals surface area contributed by atoms with Crippen molar-refractivity contribution in [3.63, 3.8) is 0 Å². The molecule has 1 aromatic rings. The first-order chi connectivity index (χ1) is 12.9. The maximum atomic E-state index is 4.74. The average molecular weight is 392 g/mol. The Morgan fingerprint density at radius 1 is 1.07 bits per heavy atom. The van der Waals surface area contributed by atoms with Crippen molar-refractivity contribution in [2.75, 3.05) is 52.6 Å². The standard InChI is InChI=1S/C21H37N5S/c1-6-22-20(24-17-21(2,3)27-5)23-15-18-7-9-19(10-8-18)16-26-13-11-25(4)12-14-26/h7-10H,6,11-17H2,1-5H3,(H2,22,23,24). The Labute approximate surface area is 170 Å². The van der Waals surface area contributed by atoms with Gasteiger partial charge in [-0.1, -0.05) is 24.3 Å². The summed E-state index contributed by atoms with van der Waals surface area (Å²) in [7, 11) is 2.20. The highest BCUT2D eigenvalue weighted by Gasteiger charge is 2.16. The van der Waals surface area contributed by atoms with Crippen LogP contribution in [-0.2, 0) is 13.1 Å². The summed E-state index contributed by atoms with van der Waals surface area (Å²) in [6.45, 7) is 14.7. The Morgan fingerprint density at radius 3 is 2.30 bits per heavy atom. The van der Waals surface area contributed by atoms with Crippen LogP contribution in [0.2, 0.25) is 0 Å². The molecule has 152 valence electrons. The molecule has 2 rings (SSSR count). The summed E-state index contributed by atoms with van der Waals surface area (Å²) in [5.41, 5.74) is 2.64. The summed E-state index contributed by atoms with van der Waals surface area (Å²) < 4.78 is 0.196. The number of nitrogens with one attached hydrogen (secondary N) is 2. The molecule has 1 heterocycles. The Balaban J connectivity index is 1.86. The van der Waals surface area contributed by atoms with E-state index in [0.29, 0.717) is 6.54 Å². The van der Waals surface area contributed by atoms with Crippen LogP contribution >= 0.6 is 11.8 Å². The molecule has 2 N–H and O–H groups in total. The van der Waals surface area contributed by atoms with Gasteiger partial charge in [0.15, 0.2) is 5.96 Å². The summed E-state index contributed by atoms with van der Waals surface area (Å²) in [6.07, 6.45) is 2.15. The van der Waals surface area contributed by atoms with Crippen LogP contribution in [0.4, 0.5) is 0 Å². The molecule has 0 saturated carbocycles. The minimum absolute atomic E-state index is 0.196. The largest absolute Gasteiger partial charge is 0.357 e. The van der Waals surface area contributed by atoms with Crippen molar-refractivity contribution in [2.45, 2.75) is 38.6 Å². The summed E-state index contributed by atoms with van der Waals surface area (Å²) >= 11 is 1.87. The van der Waals surface area contributed by atoms with Crippen molar-refractivity contribution in [2.24, 2.45) is 4.99 Å². The zero-order valence-electron chi connectivity index (χ0n) is 17.7. The number of benzene rings is 1. The molecule has 1 aliphatic rings. The van der Waals surface area contributed by atoms with Crippen LogP contribution in [0, 0.1) is 0 Å². The number of rotatable bonds is 8. The maximum Gasteiger partial charge on any atom is 0.191 e.